The number of nitrogens with two attached hydrogens (primary N) is 1. The van der Waals surface area contributed by atoms with Crippen molar-refractivity contribution in [3.05, 3.63) is 29.8 Å². The quantitative estimate of drug-likeness (QED) is 0.651. The van der Waals surface area contributed by atoms with Crippen LogP contribution in [0.15, 0.2) is 24.3 Å². The molecule has 3 N–H and O–H groups in total. The van der Waals surface area contributed by atoms with Crippen LogP contribution in [0.5, 0.6) is 0 Å². The summed E-state index contributed by atoms with van der Waals surface area (Å²) in [6.45, 7) is 0.324. The Hall–Kier alpha value is -1.70. The number of amidine groups is 1. The van der Waals surface area contributed by atoms with E-state index in [0.717, 1.165) is 23.9 Å². The summed E-state index contributed by atoms with van der Waals surface area (Å²) < 4.78 is 37.9. The van der Waals surface area contributed by atoms with Crippen LogP contribution in [-0.2, 0) is 11.0 Å². The molecule has 0 spiro atoms. The lowest BCUT2D eigenvalue weighted by Crippen LogP contribution is -2.29. The molecule has 1 aromatic carbocycles. The third-order valence-electron chi connectivity index (χ3n) is 2.91. The summed E-state index contributed by atoms with van der Waals surface area (Å²) in [6, 6.07) is 4.66. The molecular formula is C12H12F3N3OS. The summed E-state index contributed by atoms with van der Waals surface area (Å²) >= 11 is 0.926. The first-order valence-corrected chi connectivity index (χ1v) is 6.66. The lowest BCUT2D eigenvalue weighted by molar-refractivity contribution is -0.137. The molecule has 0 aromatic heterocycles. The molecule has 1 aliphatic rings. The van der Waals surface area contributed by atoms with E-state index in [4.69, 9.17) is 11.1 Å². The maximum atomic E-state index is 12.6. The summed E-state index contributed by atoms with van der Waals surface area (Å²) in [5, 5.41) is 6.49. The Balaban J connectivity index is 2.21. The van der Waals surface area contributed by atoms with Gasteiger partial charge in [-0.1, -0.05) is 17.8 Å². The molecule has 1 amide bonds. The lowest BCUT2D eigenvalue weighted by Gasteiger charge is -2.18. The van der Waals surface area contributed by atoms with Crippen LogP contribution in [0, 0.1) is 5.41 Å². The molecule has 20 heavy (non-hydrogen) atoms. The highest BCUT2D eigenvalue weighted by Crippen LogP contribution is 2.34. The molecule has 2 rings (SSSR count). The van der Waals surface area contributed by atoms with Crippen molar-refractivity contribution in [3.63, 3.8) is 0 Å². The van der Waals surface area contributed by atoms with Gasteiger partial charge in [0.1, 0.15) is 0 Å². The molecule has 0 radical (unpaired) electrons. The van der Waals surface area contributed by atoms with E-state index >= 15 is 0 Å². The highest BCUT2D eigenvalue weighted by atomic mass is 32.2. The Morgan fingerprint density at radius 3 is 2.75 bits per heavy atom. The zero-order chi connectivity index (χ0) is 14.9. The Bertz CT molecular complexity index is 547. The van der Waals surface area contributed by atoms with Crippen LogP contribution in [0.4, 0.5) is 18.9 Å². The molecule has 0 saturated carbocycles. The number of nitrogens with one attached hydrogen (secondary N) is 1. The van der Waals surface area contributed by atoms with E-state index in [1.807, 2.05) is 0 Å². The van der Waals surface area contributed by atoms with Crippen molar-refractivity contribution in [3.8, 4) is 0 Å². The van der Waals surface area contributed by atoms with Gasteiger partial charge in [0, 0.05) is 12.2 Å². The lowest BCUT2D eigenvalue weighted by atomic mass is 10.2. The second kappa shape index (κ2) is 5.35. The Morgan fingerprint density at radius 1 is 1.45 bits per heavy atom. The molecule has 1 fully saturated rings. The van der Waals surface area contributed by atoms with E-state index in [1.54, 1.807) is 0 Å². The first-order chi connectivity index (χ1) is 9.29. The number of alkyl halides is 3. The van der Waals surface area contributed by atoms with Gasteiger partial charge in [-0.2, -0.15) is 13.2 Å². The number of carbonyl (C=O) groups excluding carboxylic acids is 1. The molecule has 108 valence electrons. The van der Waals surface area contributed by atoms with Gasteiger partial charge in [0.2, 0.25) is 5.91 Å². The third kappa shape index (κ3) is 3.06. The van der Waals surface area contributed by atoms with Gasteiger partial charge in [0.25, 0.3) is 0 Å². The summed E-state index contributed by atoms with van der Waals surface area (Å²) in [4.78, 5) is 13.4. The molecule has 1 aliphatic heterocycles. The van der Waals surface area contributed by atoms with E-state index in [1.165, 1.54) is 17.0 Å². The fourth-order valence-corrected chi connectivity index (χ4v) is 2.78. The smallest absolute Gasteiger partial charge is 0.379 e. The molecule has 0 bridgehead atoms. The van der Waals surface area contributed by atoms with Gasteiger partial charge < -0.3 is 10.6 Å². The van der Waals surface area contributed by atoms with Crippen molar-refractivity contribution < 1.29 is 18.0 Å². The number of hydrogen-bond donors (Lipinski definition) is 2. The summed E-state index contributed by atoms with van der Waals surface area (Å²) in [7, 11) is 0. The second-order valence-corrected chi connectivity index (χ2v) is 5.54. The number of rotatable bonds is 2. The van der Waals surface area contributed by atoms with Crippen molar-refractivity contribution in [2.75, 3.05) is 11.4 Å². The molecule has 8 heteroatoms. The predicted molar refractivity (Wildman–Crippen MR) is 71.7 cm³/mol. The van der Waals surface area contributed by atoms with Crippen LogP contribution in [0.1, 0.15) is 12.0 Å². The van der Waals surface area contributed by atoms with Crippen molar-refractivity contribution in [2.45, 2.75) is 17.8 Å². The summed E-state index contributed by atoms with van der Waals surface area (Å²) in [5.74, 6) is -0.315. The highest BCUT2D eigenvalue weighted by molar-refractivity contribution is 8.14. The van der Waals surface area contributed by atoms with E-state index in [-0.39, 0.29) is 16.8 Å². The minimum atomic E-state index is -4.44. The minimum absolute atomic E-state index is 0.172. The SMILES string of the molecule is N=C(N)SC1CCN(c2cccc(C(F)(F)F)c2)C1=O. The molecule has 1 aromatic rings. The Kier molecular flexibility index (Phi) is 3.94. The normalized spacial score (nSPS) is 19.4. The molecular weight excluding hydrogens is 291 g/mol. The van der Waals surface area contributed by atoms with E-state index in [2.05, 4.69) is 0 Å². The molecule has 0 aliphatic carbocycles. The topological polar surface area (TPSA) is 70.2 Å². The van der Waals surface area contributed by atoms with Crippen LogP contribution < -0.4 is 10.6 Å². The number of amides is 1. The molecule has 1 heterocycles. The van der Waals surface area contributed by atoms with Crippen molar-refractivity contribution in [1.82, 2.24) is 0 Å². The molecule has 1 saturated heterocycles. The number of anilines is 1. The van der Waals surface area contributed by atoms with Gasteiger partial charge in [-0.15, -0.1) is 0 Å². The fourth-order valence-electron chi connectivity index (χ4n) is 2.02. The molecule has 1 unspecified atom stereocenters. The zero-order valence-electron chi connectivity index (χ0n) is 10.3. The number of thioether (sulfide) groups is 1. The second-order valence-electron chi connectivity index (χ2n) is 4.30. The standard InChI is InChI=1S/C12H12F3N3OS/c13-12(14,15)7-2-1-3-8(6-7)18-5-4-9(10(18)19)20-11(16)17/h1-3,6,9H,4-5H2,(H3,16,17). The fraction of sp³-hybridized carbons (Fsp3) is 0.333. The number of benzene rings is 1. The van der Waals surface area contributed by atoms with Gasteiger partial charge in [-0.3, -0.25) is 10.2 Å². The van der Waals surface area contributed by atoms with Crippen molar-refractivity contribution in [2.24, 2.45) is 5.73 Å². The van der Waals surface area contributed by atoms with E-state index in [0.29, 0.717) is 13.0 Å². The highest BCUT2D eigenvalue weighted by Gasteiger charge is 2.35. The predicted octanol–water partition coefficient (Wildman–Crippen LogP) is 2.44. The van der Waals surface area contributed by atoms with Crippen LogP contribution in [0.25, 0.3) is 0 Å². The van der Waals surface area contributed by atoms with Gasteiger partial charge in [0.05, 0.1) is 10.8 Å². The maximum absolute atomic E-state index is 12.6. The van der Waals surface area contributed by atoms with Crippen LogP contribution in [0.3, 0.4) is 0 Å². The first-order valence-electron chi connectivity index (χ1n) is 5.78. The largest absolute Gasteiger partial charge is 0.416 e. The van der Waals surface area contributed by atoms with Gasteiger partial charge in [-0.05, 0) is 24.6 Å². The number of hydrogen-bond acceptors (Lipinski definition) is 3. The van der Waals surface area contributed by atoms with Crippen LogP contribution in [0.2, 0.25) is 0 Å². The zero-order valence-corrected chi connectivity index (χ0v) is 11.1. The van der Waals surface area contributed by atoms with E-state index in [9.17, 15) is 18.0 Å². The molecule has 4 nitrogen and oxygen atoms in total. The van der Waals surface area contributed by atoms with Crippen LogP contribution >= 0.6 is 11.8 Å². The Labute approximate surface area is 117 Å². The monoisotopic (exact) mass is 303 g/mol. The maximum Gasteiger partial charge on any atom is 0.416 e. The summed E-state index contributed by atoms with van der Waals surface area (Å²) in [6.07, 6.45) is -3.98. The summed E-state index contributed by atoms with van der Waals surface area (Å²) in [5.41, 5.74) is 4.66. The van der Waals surface area contributed by atoms with Gasteiger partial charge >= 0.3 is 6.18 Å². The van der Waals surface area contributed by atoms with Gasteiger partial charge in [-0.25, -0.2) is 0 Å². The van der Waals surface area contributed by atoms with Gasteiger partial charge in [0.15, 0.2) is 5.17 Å². The first kappa shape index (κ1) is 14.7. The average molecular weight is 303 g/mol. The number of nitrogens with zero attached hydrogens (tertiary/aromatic N) is 1. The average Bonchev–Trinajstić information content (AvgIpc) is 2.69. The van der Waals surface area contributed by atoms with Crippen molar-refractivity contribution >= 4 is 28.5 Å². The molecule has 1 atom stereocenters. The van der Waals surface area contributed by atoms with Crippen molar-refractivity contribution in [1.29, 1.82) is 5.41 Å². The third-order valence-corrected chi connectivity index (χ3v) is 3.89. The Morgan fingerprint density at radius 2 is 2.15 bits per heavy atom. The van der Waals surface area contributed by atoms with Crippen LogP contribution in [-0.4, -0.2) is 22.9 Å². The number of carbonyl (C=O) groups is 1. The minimum Gasteiger partial charge on any atom is -0.379 e. The van der Waals surface area contributed by atoms with E-state index < -0.39 is 17.0 Å². The number of halogens is 3.